The van der Waals surface area contributed by atoms with Crippen molar-refractivity contribution in [1.82, 2.24) is 10.3 Å². The molecule has 1 saturated carbocycles. The molecule has 0 radical (unpaired) electrons. The minimum Gasteiger partial charge on any atom is -1.00 e. The number of carbonyl (C=O) groups excluding carboxylic acids is 1. The van der Waals surface area contributed by atoms with Crippen LogP contribution in [-0.2, 0) is 0 Å². The molecular weight excluding hydrogens is 524 g/mol. The molecule has 8 heteroatoms. The molecule has 0 aliphatic heterocycles. The van der Waals surface area contributed by atoms with E-state index in [4.69, 9.17) is 0 Å². The molecule has 1 amide bonds. The highest BCUT2D eigenvalue weighted by Gasteiger charge is 2.26. The normalized spacial score (nSPS) is 16.8. The van der Waals surface area contributed by atoms with Gasteiger partial charge in [0, 0.05) is 37.0 Å². The van der Waals surface area contributed by atoms with Gasteiger partial charge in [-0.2, -0.15) is 0 Å². The maximum atomic E-state index is 12.7. The van der Waals surface area contributed by atoms with Crippen LogP contribution < -0.4 is 27.2 Å². The van der Waals surface area contributed by atoms with Crippen molar-refractivity contribution in [3.05, 3.63) is 41.4 Å². The van der Waals surface area contributed by atoms with Gasteiger partial charge in [-0.1, -0.05) is 56.7 Å². The highest BCUT2D eigenvalue weighted by molar-refractivity contribution is 7.14. The Labute approximate surface area is 226 Å². The van der Waals surface area contributed by atoms with Crippen molar-refractivity contribution < 1.29 is 31.4 Å². The van der Waals surface area contributed by atoms with Crippen molar-refractivity contribution in [2.45, 2.75) is 57.8 Å². The summed E-state index contributed by atoms with van der Waals surface area (Å²) < 4.78 is 0.889. The molecule has 0 spiro atoms. The third-order valence-corrected chi connectivity index (χ3v) is 8.05. The van der Waals surface area contributed by atoms with Crippen molar-refractivity contribution in [2.75, 3.05) is 51.8 Å². The summed E-state index contributed by atoms with van der Waals surface area (Å²) in [6.45, 7) is 3.73. The molecule has 1 aliphatic rings. The van der Waals surface area contributed by atoms with E-state index in [0.29, 0.717) is 12.2 Å². The van der Waals surface area contributed by atoms with E-state index in [1.165, 1.54) is 62.7 Å². The van der Waals surface area contributed by atoms with Crippen LogP contribution in [0.3, 0.4) is 0 Å². The quantitative estimate of drug-likeness (QED) is 0.323. The molecule has 2 aromatic rings. The van der Waals surface area contributed by atoms with Crippen molar-refractivity contribution in [1.29, 1.82) is 0 Å². The predicted octanol–water partition coefficient (Wildman–Crippen LogP) is 2.22. The molecule has 6 nitrogen and oxygen atoms in total. The van der Waals surface area contributed by atoms with Crippen molar-refractivity contribution in [3.8, 4) is 0 Å². The van der Waals surface area contributed by atoms with E-state index < -0.39 is 0 Å². The Bertz CT molecular complexity index is 856. The number of anilines is 2. The molecule has 1 unspecified atom stereocenters. The number of rotatable bonds is 11. The molecule has 1 fully saturated rings. The number of aliphatic hydroxyl groups is 1. The highest BCUT2D eigenvalue weighted by Crippen LogP contribution is 2.27. The third-order valence-electron chi connectivity index (χ3n) is 7.13. The first-order valence-electron chi connectivity index (χ1n) is 13.0. The first-order chi connectivity index (χ1) is 16.5. The van der Waals surface area contributed by atoms with Gasteiger partial charge < -0.3 is 36.8 Å². The van der Waals surface area contributed by atoms with E-state index in [1.54, 1.807) is 0 Å². The van der Waals surface area contributed by atoms with Gasteiger partial charge in [-0.15, -0.1) is 11.3 Å². The average Bonchev–Trinajstić information content (AvgIpc) is 3.37. The Hall–Kier alpha value is -1.48. The molecule has 196 valence electrons. The number of para-hydroxylation sites is 1. The van der Waals surface area contributed by atoms with E-state index >= 15 is 0 Å². The second kappa shape index (κ2) is 15.6. The van der Waals surface area contributed by atoms with Gasteiger partial charge in [0.15, 0.2) is 5.13 Å². The monoisotopic (exact) mass is 566 g/mol. The third kappa shape index (κ3) is 9.83. The SMILES string of the molecule is CN(c1ccccc1)c1nc(C(=O)NCCC[N+](C)(CCO)CC2CCCCCCCC2)cs1.[Br-]. The number of thiazole rings is 1. The van der Waals surface area contributed by atoms with Gasteiger partial charge in [-0.3, -0.25) is 4.79 Å². The number of nitrogens with zero attached hydrogens (tertiary/aromatic N) is 3. The molecule has 1 aromatic carbocycles. The van der Waals surface area contributed by atoms with Crippen LogP contribution in [0.2, 0.25) is 0 Å². The van der Waals surface area contributed by atoms with E-state index in [9.17, 15) is 9.90 Å². The molecule has 0 saturated heterocycles. The second-order valence-corrected chi connectivity index (χ2v) is 10.9. The molecule has 1 atom stereocenters. The lowest BCUT2D eigenvalue weighted by Gasteiger charge is -2.37. The number of quaternary nitrogens is 1. The first kappa shape index (κ1) is 29.7. The molecule has 35 heavy (non-hydrogen) atoms. The summed E-state index contributed by atoms with van der Waals surface area (Å²) in [7, 11) is 4.24. The maximum Gasteiger partial charge on any atom is 0.270 e. The van der Waals surface area contributed by atoms with Crippen LogP contribution in [0, 0.1) is 5.92 Å². The molecule has 1 heterocycles. The van der Waals surface area contributed by atoms with E-state index in [1.807, 2.05) is 47.7 Å². The molecule has 1 aliphatic carbocycles. The zero-order chi connectivity index (χ0) is 24.2. The first-order valence-corrected chi connectivity index (χ1v) is 13.9. The zero-order valence-corrected chi connectivity index (χ0v) is 23.8. The Balaban J connectivity index is 0.00000432. The van der Waals surface area contributed by atoms with Gasteiger partial charge in [0.05, 0.1) is 26.7 Å². The molecule has 2 N–H and O–H groups in total. The predicted molar refractivity (Wildman–Crippen MR) is 142 cm³/mol. The summed E-state index contributed by atoms with van der Waals surface area (Å²) in [6.07, 6.45) is 11.7. The largest absolute Gasteiger partial charge is 1.00 e. The topological polar surface area (TPSA) is 65.5 Å². The van der Waals surface area contributed by atoms with Gasteiger partial charge in [-0.25, -0.2) is 4.98 Å². The van der Waals surface area contributed by atoms with Crippen molar-refractivity contribution in [2.24, 2.45) is 5.92 Å². The summed E-state index contributed by atoms with van der Waals surface area (Å²) in [5.74, 6) is 0.635. The average molecular weight is 568 g/mol. The van der Waals surface area contributed by atoms with Crippen LogP contribution in [0.15, 0.2) is 35.7 Å². The van der Waals surface area contributed by atoms with Gasteiger partial charge in [0.1, 0.15) is 12.2 Å². The number of halogens is 1. The zero-order valence-electron chi connectivity index (χ0n) is 21.4. The van der Waals surface area contributed by atoms with Crippen molar-refractivity contribution in [3.63, 3.8) is 0 Å². The van der Waals surface area contributed by atoms with Crippen LogP contribution >= 0.6 is 11.3 Å². The number of carbonyl (C=O) groups is 1. The van der Waals surface area contributed by atoms with Crippen LogP contribution in [0.1, 0.15) is 68.3 Å². The summed E-state index contributed by atoms with van der Waals surface area (Å²) in [5.41, 5.74) is 1.52. The molecule has 3 rings (SSSR count). The number of benzene rings is 1. The number of nitrogens with one attached hydrogen (secondary N) is 1. The van der Waals surface area contributed by atoms with E-state index in [-0.39, 0.29) is 29.5 Å². The second-order valence-electron chi connectivity index (χ2n) is 10.1. The van der Waals surface area contributed by atoms with Gasteiger partial charge in [0.2, 0.25) is 0 Å². The minimum absolute atomic E-state index is 0. The fraction of sp³-hybridized carbons (Fsp3) is 0.630. The smallest absolute Gasteiger partial charge is 0.270 e. The Morgan fingerprint density at radius 1 is 1.11 bits per heavy atom. The lowest BCUT2D eigenvalue weighted by atomic mass is 9.95. The van der Waals surface area contributed by atoms with E-state index in [0.717, 1.165) is 47.3 Å². The number of amides is 1. The summed E-state index contributed by atoms with van der Waals surface area (Å²) in [6, 6.07) is 10.0. The van der Waals surface area contributed by atoms with Crippen LogP contribution in [0.5, 0.6) is 0 Å². The van der Waals surface area contributed by atoms with Gasteiger partial charge in [-0.05, 0) is 25.0 Å². The van der Waals surface area contributed by atoms with Crippen LogP contribution in [-0.4, -0.2) is 67.4 Å². The fourth-order valence-corrected chi connectivity index (χ4v) is 5.89. The Morgan fingerprint density at radius 2 is 1.77 bits per heavy atom. The van der Waals surface area contributed by atoms with Crippen molar-refractivity contribution >= 4 is 28.1 Å². The van der Waals surface area contributed by atoms with Crippen LogP contribution in [0.25, 0.3) is 0 Å². The number of aromatic nitrogens is 1. The number of likely N-dealkylation sites (N-methyl/N-ethyl adjacent to an activating group) is 1. The summed E-state index contributed by atoms with van der Waals surface area (Å²) in [5, 5.41) is 15.4. The lowest BCUT2D eigenvalue weighted by molar-refractivity contribution is -0.913. The standard InChI is InChI=1S/C27H42N4O2S.BrH/c1-30(24-15-10-7-11-16-24)27-29-25(22-34-27)26(33)28-17-12-18-31(2,19-20-32)21-23-13-8-5-3-4-6-9-14-23;/h7,10-11,15-16,22-23,32H,3-6,8-9,12-14,17-21H2,1-2H3;1H. The fourth-order valence-electron chi connectivity index (χ4n) is 5.10. The minimum atomic E-state index is -0.114. The Morgan fingerprint density at radius 3 is 2.43 bits per heavy atom. The Kier molecular flexibility index (Phi) is 13.3. The summed E-state index contributed by atoms with van der Waals surface area (Å²) >= 11 is 1.48. The summed E-state index contributed by atoms with van der Waals surface area (Å²) in [4.78, 5) is 19.2. The molecule has 1 aromatic heterocycles. The molecular formula is C27H43BrN4O2S. The highest BCUT2D eigenvalue weighted by atomic mass is 79.9. The lowest BCUT2D eigenvalue weighted by Crippen LogP contribution is -3.00. The number of aliphatic hydroxyl groups excluding tert-OH is 1. The number of hydrogen-bond donors (Lipinski definition) is 2. The number of hydrogen-bond acceptors (Lipinski definition) is 5. The maximum absolute atomic E-state index is 12.7. The van der Waals surface area contributed by atoms with Crippen LogP contribution in [0.4, 0.5) is 10.8 Å². The molecule has 0 bridgehead atoms. The van der Waals surface area contributed by atoms with Gasteiger partial charge in [0.25, 0.3) is 5.91 Å². The van der Waals surface area contributed by atoms with E-state index in [2.05, 4.69) is 17.3 Å². The van der Waals surface area contributed by atoms with Gasteiger partial charge >= 0.3 is 0 Å².